The van der Waals surface area contributed by atoms with Gasteiger partial charge in [-0.15, -0.1) is 0 Å². The summed E-state index contributed by atoms with van der Waals surface area (Å²) in [6.07, 6.45) is 2.98. The van der Waals surface area contributed by atoms with Crippen molar-refractivity contribution in [2.75, 3.05) is 5.32 Å². The van der Waals surface area contributed by atoms with Crippen molar-refractivity contribution >= 4 is 52.9 Å². The van der Waals surface area contributed by atoms with Gasteiger partial charge in [0.15, 0.2) is 10.9 Å². The highest BCUT2D eigenvalue weighted by atomic mass is 32.1. The molecule has 0 amide bonds. The number of benzene rings is 3. The van der Waals surface area contributed by atoms with Gasteiger partial charge in [-0.1, -0.05) is 24.3 Å². The fourth-order valence-corrected chi connectivity index (χ4v) is 2.79. The predicted octanol–water partition coefficient (Wildman–Crippen LogP) is 3.98. The first-order valence-corrected chi connectivity index (χ1v) is 10.3. The predicted molar refractivity (Wildman–Crippen MR) is 137 cm³/mol. The highest BCUT2D eigenvalue weighted by Gasteiger charge is 2.01. The van der Waals surface area contributed by atoms with Gasteiger partial charge in [-0.3, -0.25) is 10.2 Å². The second-order valence-electron chi connectivity index (χ2n) is 6.85. The Bertz CT molecular complexity index is 1200. The summed E-state index contributed by atoms with van der Waals surface area (Å²) in [5, 5.41) is 16.7. The van der Waals surface area contributed by atoms with Gasteiger partial charge in [0.25, 0.3) is 0 Å². The molecule has 0 atom stereocenters. The lowest BCUT2D eigenvalue weighted by atomic mass is 10.1. The molecule has 166 valence electrons. The zero-order valence-electron chi connectivity index (χ0n) is 17.8. The molecule has 0 aromatic heterocycles. The van der Waals surface area contributed by atoms with Gasteiger partial charge in [-0.25, -0.2) is 9.98 Å². The van der Waals surface area contributed by atoms with E-state index in [1.165, 1.54) is 13.3 Å². The summed E-state index contributed by atoms with van der Waals surface area (Å²) < 4.78 is 0. The molecule has 9 heteroatoms. The van der Waals surface area contributed by atoms with Crippen molar-refractivity contribution in [1.82, 2.24) is 5.43 Å². The summed E-state index contributed by atoms with van der Waals surface area (Å²) in [5.41, 5.74) is 12.4. The van der Waals surface area contributed by atoms with E-state index in [9.17, 15) is 9.90 Å². The molecule has 0 spiro atoms. The van der Waals surface area contributed by atoms with Crippen molar-refractivity contribution in [2.24, 2.45) is 20.8 Å². The molecule has 3 aromatic carbocycles. The third kappa shape index (κ3) is 7.37. The van der Waals surface area contributed by atoms with Gasteiger partial charge < -0.3 is 16.2 Å². The Labute approximate surface area is 196 Å². The van der Waals surface area contributed by atoms with E-state index in [2.05, 4.69) is 25.8 Å². The molecule has 0 radical (unpaired) electrons. The van der Waals surface area contributed by atoms with E-state index >= 15 is 0 Å². The summed E-state index contributed by atoms with van der Waals surface area (Å²) in [7, 11) is 0. The largest absolute Gasteiger partial charge is 0.508 e. The first kappa shape index (κ1) is 23.3. The van der Waals surface area contributed by atoms with Gasteiger partial charge in [-0.05, 0) is 73.2 Å². The quantitative estimate of drug-likeness (QED) is 0.140. The standard InChI is InChI=1S/C24H22N6O2S/c1-16(31)18-6-8-21(9-7-18)29-24(33)30-28-14-17-2-4-19(5-3-17)23(25)27-15-26-20-10-12-22(32)13-11-20/h2-15,32H,1H3,(H2,25,26,27)(H2,29,30,33)/b28-14+. The molecule has 33 heavy (non-hydrogen) atoms. The molecule has 5 N–H and O–H groups in total. The van der Waals surface area contributed by atoms with Crippen molar-refractivity contribution in [3.63, 3.8) is 0 Å². The number of aliphatic imine (C=N–C) groups is 2. The highest BCUT2D eigenvalue weighted by Crippen LogP contribution is 2.16. The molecular weight excluding hydrogens is 436 g/mol. The number of hydrazone groups is 1. The second-order valence-corrected chi connectivity index (χ2v) is 7.26. The number of carbonyl (C=O) groups is 1. The molecule has 3 aromatic rings. The molecule has 0 aliphatic rings. The Hall–Kier alpha value is -4.37. The van der Waals surface area contributed by atoms with Crippen molar-refractivity contribution in [3.05, 3.63) is 89.5 Å². The van der Waals surface area contributed by atoms with E-state index in [1.54, 1.807) is 54.7 Å². The second kappa shape index (κ2) is 11.3. The number of hydrogen-bond acceptors (Lipinski definition) is 5. The van der Waals surface area contributed by atoms with E-state index in [4.69, 9.17) is 18.0 Å². The minimum atomic E-state index is 0.00751. The summed E-state index contributed by atoms with van der Waals surface area (Å²) in [4.78, 5) is 19.6. The first-order chi connectivity index (χ1) is 15.9. The molecule has 0 aliphatic carbocycles. The number of amidine groups is 1. The van der Waals surface area contributed by atoms with Crippen LogP contribution in [0, 0.1) is 0 Å². The van der Waals surface area contributed by atoms with E-state index in [0.717, 1.165) is 16.8 Å². The van der Waals surface area contributed by atoms with Gasteiger partial charge in [0.1, 0.15) is 17.9 Å². The van der Waals surface area contributed by atoms with Gasteiger partial charge in [0.2, 0.25) is 0 Å². The van der Waals surface area contributed by atoms with Crippen LogP contribution < -0.4 is 16.5 Å². The number of carbonyl (C=O) groups excluding carboxylic acids is 1. The average molecular weight is 459 g/mol. The Kier molecular flexibility index (Phi) is 7.98. The van der Waals surface area contributed by atoms with Crippen LogP contribution in [-0.4, -0.2) is 34.4 Å². The molecule has 3 rings (SSSR count). The van der Waals surface area contributed by atoms with Crippen LogP contribution in [0.1, 0.15) is 28.4 Å². The van der Waals surface area contributed by atoms with E-state index in [0.29, 0.717) is 22.2 Å². The lowest BCUT2D eigenvalue weighted by Crippen LogP contribution is -2.23. The maximum absolute atomic E-state index is 11.3. The number of nitrogens with one attached hydrogen (secondary N) is 2. The number of hydrogen-bond donors (Lipinski definition) is 4. The average Bonchev–Trinajstić information content (AvgIpc) is 2.81. The van der Waals surface area contributed by atoms with Crippen LogP contribution in [0.25, 0.3) is 0 Å². The number of nitrogens with zero attached hydrogens (tertiary/aromatic N) is 3. The summed E-state index contributed by atoms with van der Waals surface area (Å²) in [6.45, 7) is 1.52. The van der Waals surface area contributed by atoms with Crippen LogP contribution in [0.3, 0.4) is 0 Å². The molecule has 0 aliphatic heterocycles. The normalized spacial score (nSPS) is 11.6. The third-order valence-corrected chi connectivity index (χ3v) is 4.58. The fraction of sp³-hybridized carbons (Fsp3) is 0.0417. The lowest BCUT2D eigenvalue weighted by molar-refractivity contribution is 0.101. The number of Topliss-reactive ketones (excluding diaryl/α,β-unsaturated/α-hetero) is 1. The maximum atomic E-state index is 11.3. The minimum Gasteiger partial charge on any atom is -0.508 e. The van der Waals surface area contributed by atoms with Crippen LogP contribution >= 0.6 is 12.2 Å². The molecule has 0 saturated heterocycles. The Balaban J connectivity index is 1.51. The van der Waals surface area contributed by atoms with Crippen LogP contribution in [-0.2, 0) is 0 Å². The van der Waals surface area contributed by atoms with Crippen molar-refractivity contribution in [2.45, 2.75) is 6.92 Å². The van der Waals surface area contributed by atoms with Crippen LogP contribution in [0.2, 0.25) is 0 Å². The monoisotopic (exact) mass is 458 g/mol. The first-order valence-electron chi connectivity index (χ1n) is 9.87. The van der Waals surface area contributed by atoms with Gasteiger partial charge in [0.05, 0.1) is 11.9 Å². The van der Waals surface area contributed by atoms with Gasteiger partial charge in [0, 0.05) is 16.8 Å². The molecule has 0 bridgehead atoms. The van der Waals surface area contributed by atoms with Gasteiger partial charge in [-0.2, -0.15) is 5.10 Å². The number of ketones is 1. The molecular formula is C24H22N6O2S. The molecule has 0 unspecified atom stereocenters. The maximum Gasteiger partial charge on any atom is 0.191 e. The summed E-state index contributed by atoms with van der Waals surface area (Å²) in [5.74, 6) is 0.503. The van der Waals surface area contributed by atoms with Crippen molar-refractivity contribution in [1.29, 1.82) is 0 Å². The summed E-state index contributed by atoms with van der Waals surface area (Å²) >= 11 is 5.21. The molecule has 0 heterocycles. The number of phenolic OH excluding ortho intramolecular Hbond substituents is 1. The van der Waals surface area contributed by atoms with Crippen LogP contribution in [0.15, 0.2) is 87.9 Å². The van der Waals surface area contributed by atoms with E-state index < -0.39 is 0 Å². The van der Waals surface area contributed by atoms with Crippen molar-refractivity contribution in [3.8, 4) is 5.75 Å². The van der Waals surface area contributed by atoms with E-state index in [1.807, 2.05) is 24.3 Å². The van der Waals surface area contributed by atoms with Gasteiger partial charge >= 0.3 is 0 Å². The third-order valence-electron chi connectivity index (χ3n) is 4.39. The lowest BCUT2D eigenvalue weighted by Gasteiger charge is -2.07. The summed E-state index contributed by atoms with van der Waals surface area (Å²) in [6, 6.07) is 20.8. The number of phenols is 1. The number of nitrogens with two attached hydrogens (primary N) is 1. The highest BCUT2D eigenvalue weighted by molar-refractivity contribution is 7.80. The topological polar surface area (TPSA) is 124 Å². The zero-order chi connectivity index (χ0) is 23.6. The van der Waals surface area contributed by atoms with Crippen molar-refractivity contribution < 1.29 is 9.90 Å². The Morgan fingerprint density at radius 1 is 0.970 bits per heavy atom. The van der Waals surface area contributed by atoms with E-state index in [-0.39, 0.29) is 11.5 Å². The smallest absolute Gasteiger partial charge is 0.191 e. The number of aromatic hydroxyl groups is 1. The molecule has 0 saturated carbocycles. The minimum absolute atomic E-state index is 0.00751. The SMILES string of the molecule is CC(=O)c1ccc(NC(=S)N/N=C/c2ccc(C(N)=NC=Nc3ccc(O)cc3)cc2)cc1. The number of anilines is 1. The Morgan fingerprint density at radius 3 is 2.24 bits per heavy atom. The zero-order valence-corrected chi connectivity index (χ0v) is 18.6. The number of rotatable bonds is 7. The molecule has 8 nitrogen and oxygen atoms in total. The number of thiocarbonyl (C=S) groups is 1. The van der Waals surface area contributed by atoms with Crippen LogP contribution in [0.5, 0.6) is 5.75 Å². The fourth-order valence-electron chi connectivity index (χ4n) is 2.62. The molecule has 0 fully saturated rings. The van der Waals surface area contributed by atoms with Crippen LogP contribution in [0.4, 0.5) is 11.4 Å². The Morgan fingerprint density at radius 2 is 1.61 bits per heavy atom.